The molecule has 1 N–H and O–H groups in total. The summed E-state index contributed by atoms with van der Waals surface area (Å²) in [7, 11) is 0. The van der Waals surface area contributed by atoms with E-state index in [9.17, 15) is 18.0 Å². The number of hydrogen-bond donors (Lipinski definition) is 1. The number of aromatic nitrogens is 3. The molecule has 1 aliphatic rings. The van der Waals surface area contributed by atoms with Gasteiger partial charge >= 0.3 is 6.36 Å². The van der Waals surface area contributed by atoms with Crippen LogP contribution < -0.4 is 15.0 Å². The Morgan fingerprint density at radius 3 is 2.46 bits per heavy atom. The van der Waals surface area contributed by atoms with Crippen LogP contribution in [0.2, 0.25) is 0 Å². The SMILES string of the molecule is Cc1ccc(C(C)C)c(N2C(C)CCSC2NC(=O)CCCCC(C)c2ccc(-c3ncn(-c4ccc(OC(F)(F)F)cc4)n3)cc2)c1. The van der Waals surface area contributed by atoms with E-state index in [0.717, 1.165) is 37.0 Å². The molecule has 3 atom stereocenters. The van der Waals surface area contributed by atoms with Gasteiger partial charge in [0.2, 0.25) is 5.91 Å². The largest absolute Gasteiger partial charge is 0.573 e. The maximum absolute atomic E-state index is 13.1. The lowest BCUT2D eigenvalue weighted by molar-refractivity contribution is -0.274. The molecule has 1 amide bonds. The third-order valence-corrected chi connectivity index (χ3v) is 9.90. The molecule has 11 heteroatoms. The standard InChI is InChI=1S/C37H44F3N5O2S/c1-24(2)32-19-10-25(3)22-33(32)45-27(5)20-21-48-36(45)42-34(46)9-7-6-8-26(4)28-11-13-29(14-12-28)35-41-23-44(43-35)30-15-17-31(18-16-30)47-37(38,39)40/h10-19,22-24,26-27,36H,6-9,20-21H2,1-5H3,(H,42,46). The van der Waals surface area contributed by atoms with Gasteiger partial charge in [-0.25, -0.2) is 9.67 Å². The van der Waals surface area contributed by atoms with E-state index < -0.39 is 6.36 Å². The number of hydrogen-bond acceptors (Lipinski definition) is 6. The highest BCUT2D eigenvalue weighted by Crippen LogP contribution is 2.37. The van der Waals surface area contributed by atoms with Crippen LogP contribution in [0.15, 0.2) is 73.1 Å². The second-order valence-corrected chi connectivity index (χ2v) is 14.1. The topological polar surface area (TPSA) is 72.3 Å². The number of halogens is 3. The van der Waals surface area contributed by atoms with Gasteiger partial charge in [0.05, 0.1) is 5.69 Å². The normalized spacial score (nSPS) is 17.4. The fraction of sp³-hybridized carbons (Fsp3) is 0.432. The van der Waals surface area contributed by atoms with Crippen molar-refractivity contribution in [2.45, 2.75) is 96.5 Å². The van der Waals surface area contributed by atoms with E-state index in [1.807, 2.05) is 23.9 Å². The number of rotatable bonds is 12. The van der Waals surface area contributed by atoms with Gasteiger partial charge in [-0.15, -0.1) is 30.0 Å². The summed E-state index contributed by atoms with van der Waals surface area (Å²) >= 11 is 1.81. The summed E-state index contributed by atoms with van der Waals surface area (Å²) in [6.45, 7) is 11.0. The minimum Gasteiger partial charge on any atom is -0.406 e. The fourth-order valence-corrected chi connectivity index (χ4v) is 7.43. The Morgan fingerprint density at radius 1 is 1.04 bits per heavy atom. The van der Waals surface area contributed by atoms with Crippen LogP contribution in [0.4, 0.5) is 18.9 Å². The number of ether oxygens (including phenoxy) is 1. The number of unbranched alkanes of at least 4 members (excludes halogenated alkanes) is 1. The number of carbonyl (C=O) groups is 1. The molecule has 3 unspecified atom stereocenters. The lowest BCUT2D eigenvalue weighted by Gasteiger charge is -2.43. The van der Waals surface area contributed by atoms with E-state index >= 15 is 0 Å². The first kappa shape index (κ1) is 35.3. The first-order chi connectivity index (χ1) is 22.9. The van der Waals surface area contributed by atoms with E-state index in [0.29, 0.717) is 35.8 Å². The second-order valence-electron chi connectivity index (χ2n) is 12.9. The van der Waals surface area contributed by atoms with E-state index in [1.54, 1.807) is 0 Å². The zero-order chi connectivity index (χ0) is 34.4. The van der Waals surface area contributed by atoms with Crippen molar-refractivity contribution in [3.63, 3.8) is 0 Å². The molecule has 0 saturated carbocycles. The molecule has 4 aromatic rings. The number of nitrogens with one attached hydrogen (secondary N) is 1. The second kappa shape index (κ2) is 15.5. The first-order valence-electron chi connectivity index (χ1n) is 16.6. The van der Waals surface area contributed by atoms with Gasteiger partial charge in [-0.3, -0.25) is 4.79 Å². The average molecular weight is 680 g/mol. The molecular formula is C37H44F3N5O2S. The van der Waals surface area contributed by atoms with Crippen molar-refractivity contribution < 1.29 is 22.7 Å². The van der Waals surface area contributed by atoms with Gasteiger partial charge < -0.3 is 15.0 Å². The Kier molecular flexibility index (Phi) is 11.4. The maximum atomic E-state index is 13.1. The molecule has 0 spiro atoms. The molecule has 1 fully saturated rings. The lowest BCUT2D eigenvalue weighted by atomic mass is 9.94. The molecule has 5 rings (SSSR count). The molecule has 2 heterocycles. The van der Waals surface area contributed by atoms with Crippen molar-refractivity contribution in [1.82, 2.24) is 20.1 Å². The molecule has 256 valence electrons. The van der Waals surface area contributed by atoms with Gasteiger partial charge in [-0.05, 0) is 97.7 Å². The molecule has 7 nitrogen and oxygen atoms in total. The van der Waals surface area contributed by atoms with Gasteiger partial charge in [0.1, 0.15) is 12.1 Å². The van der Waals surface area contributed by atoms with Gasteiger partial charge in [0.15, 0.2) is 11.3 Å². The smallest absolute Gasteiger partial charge is 0.406 e. The summed E-state index contributed by atoms with van der Waals surface area (Å²) in [6, 6.07) is 20.6. The molecule has 0 radical (unpaired) electrons. The molecule has 3 aromatic carbocycles. The Morgan fingerprint density at radius 2 is 1.77 bits per heavy atom. The van der Waals surface area contributed by atoms with E-state index in [1.165, 1.54) is 57.7 Å². The number of amides is 1. The number of thioether (sulfide) groups is 1. The summed E-state index contributed by atoms with van der Waals surface area (Å²) in [5.41, 5.74) is 6.31. The maximum Gasteiger partial charge on any atom is 0.573 e. The Labute approximate surface area is 285 Å². The van der Waals surface area contributed by atoms with Crippen LogP contribution >= 0.6 is 11.8 Å². The Balaban J connectivity index is 1.10. The van der Waals surface area contributed by atoms with Gasteiger partial charge in [0.25, 0.3) is 0 Å². The molecule has 0 aliphatic carbocycles. The summed E-state index contributed by atoms with van der Waals surface area (Å²) in [5.74, 6) is 2.07. The summed E-state index contributed by atoms with van der Waals surface area (Å²) < 4.78 is 42.8. The van der Waals surface area contributed by atoms with Crippen molar-refractivity contribution in [3.05, 3.63) is 89.7 Å². The summed E-state index contributed by atoms with van der Waals surface area (Å²) in [6.07, 6.45) is 1.12. The Hall–Kier alpha value is -3.99. The number of carbonyl (C=O) groups excluding carboxylic acids is 1. The highest BCUT2D eigenvalue weighted by Gasteiger charge is 2.32. The number of anilines is 1. The van der Waals surface area contributed by atoms with Gasteiger partial charge in [0, 0.05) is 23.7 Å². The van der Waals surface area contributed by atoms with Crippen molar-refractivity contribution in [3.8, 4) is 22.8 Å². The number of alkyl halides is 3. The summed E-state index contributed by atoms with van der Waals surface area (Å²) in [5, 5.41) is 7.83. The fourth-order valence-electron chi connectivity index (χ4n) is 6.03. The zero-order valence-corrected chi connectivity index (χ0v) is 28.9. The number of nitrogens with zero attached hydrogens (tertiary/aromatic N) is 4. The number of benzene rings is 3. The van der Waals surface area contributed by atoms with Crippen molar-refractivity contribution in [1.29, 1.82) is 0 Å². The molecule has 48 heavy (non-hydrogen) atoms. The van der Waals surface area contributed by atoms with E-state index in [-0.39, 0.29) is 17.2 Å². The zero-order valence-electron chi connectivity index (χ0n) is 28.1. The minimum atomic E-state index is -4.74. The van der Waals surface area contributed by atoms with E-state index in [4.69, 9.17) is 0 Å². The van der Waals surface area contributed by atoms with Crippen LogP contribution in [0.3, 0.4) is 0 Å². The average Bonchev–Trinajstić information content (AvgIpc) is 3.53. The third-order valence-electron chi connectivity index (χ3n) is 8.77. The molecule has 0 bridgehead atoms. The van der Waals surface area contributed by atoms with Gasteiger partial charge in [-0.1, -0.05) is 63.6 Å². The number of aryl methyl sites for hydroxylation is 1. The van der Waals surface area contributed by atoms with Crippen LogP contribution in [-0.4, -0.2) is 44.3 Å². The minimum absolute atomic E-state index is 0.0720. The highest BCUT2D eigenvalue weighted by molar-refractivity contribution is 8.00. The molecule has 1 saturated heterocycles. The van der Waals surface area contributed by atoms with Gasteiger partial charge in [-0.2, -0.15) is 0 Å². The Bertz CT molecular complexity index is 1660. The van der Waals surface area contributed by atoms with Crippen LogP contribution in [0.5, 0.6) is 5.75 Å². The lowest BCUT2D eigenvalue weighted by Crippen LogP contribution is -2.53. The summed E-state index contributed by atoms with van der Waals surface area (Å²) in [4.78, 5) is 19.9. The van der Waals surface area contributed by atoms with Crippen LogP contribution in [-0.2, 0) is 4.79 Å². The van der Waals surface area contributed by atoms with Crippen LogP contribution in [0.1, 0.15) is 88.3 Å². The van der Waals surface area contributed by atoms with Crippen molar-refractivity contribution >= 4 is 23.4 Å². The quantitative estimate of drug-likeness (QED) is 0.151. The van der Waals surface area contributed by atoms with Crippen molar-refractivity contribution in [2.75, 3.05) is 10.7 Å². The molecule has 1 aromatic heterocycles. The predicted molar refractivity (Wildman–Crippen MR) is 187 cm³/mol. The van der Waals surface area contributed by atoms with E-state index in [2.05, 4.69) is 90.0 Å². The van der Waals surface area contributed by atoms with Crippen molar-refractivity contribution in [2.24, 2.45) is 0 Å². The predicted octanol–water partition coefficient (Wildman–Crippen LogP) is 9.36. The molecule has 1 aliphatic heterocycles. The van der Waals surface area contributed by atoms with Crippen LogP contribution in [0, 0.1) is 6.92 Å². The van der Waals surface area contributed by atoms with Crippen LogP contribution in [0.25, 0.3) is 17.1 Å². The highest BCUT2D eigenvalue weighted by atomic mass is 32.2. The monoisotopic (exact) mass is 679 g/mol. The third kappa shape index (κ3) is 9.12. The molecular weight excluding hydrogens is 636 g/mol. The first-order valence-corrected chi connectivity index (χ1v) is 17.6.